The highest BCUT2D eigenvalue weighted by Crippen LogP contribution is 2.42. The Balaban J connectivity index is 0.00000144. The molecule has 0 radical (unpaired) electrons. The number of phenolic OH excluding ortho intramolecular Hbond substituents is 1. The van der Waals surface area contributed by atoms with Crippen LogP contribution in [0.3, 0.4) is 0 Å². The van der Waals surface area contributed by atoms with E-state index in [1.54, 1.807) is 13.2 Å². The van der Waals surface area contributed by atoms with Crippen LogP contribution in [0.1, 0.15) is 30.9 Å². The van der Waals surface area contributed by atoms with Crippen LogP contribution in [-0.2, 0) is 0 Å². The molecule has 1 fully saturated rings. The number of ether oxygens (including phenoxy) is 1. The highest BCUT2D eigenvalue weighted by atomic mass is 79.9. The Morgan fingerprint density at radius 3 is 2.59 bits per heavy atom. The van der Waals surface area contributed by atoms with Crippen molar-refractivity contribution in [2.24, 2.45) is 11.7 Å². The second kappa shape index (κ2) is 5.94. The Bertz CT molecular complexity index is 396. The van der Waals surface area contributed by atoms with Crippen molar-refractivity contribution in [3.05, 3.63) is 22.2 Å². The minimum atomic E-state index is -0.0971. The summed E-state index contributed by atoms with van der Waals surface area (Å²) in [6.45, 7) is 0. The normalized spacial score (nSPS) is 16.9. The molecule has 0 heterocycles. The Hall–Kier alpha value is -0.450. The Morgan fingerprint density at radius 1 is 1.47 bits per heavy atom. The SMILES string of the molecule is COc1cc(Br)c(O)c([C@@H](N)C2CCC2)c1.Cl. The first kappa shape index (κ1) is 14.6. The first-order chi connectivity index (χ1) is 7.63. The largest absolute Gasteiger partial charge is 0.506 e. The summed E-state index contributed by atoms with van der Waals surface area (Å²) in [5, 5.41) is 9.97. The fourth-order valence-corrected chi connectivity index (χ4v) is 2.47. The average molecular weight is 323 g/mol. The van der Waals surface area contributed by atoms with Crippen LogP contribution in [0.4, 0.5) is 0 Å². The van der Waals surface area contributed by atoms with Gasteiger partial charge in [-0.15, -0.1) is 12.4 Å². The molecule has 96 valence electrons. The van der Waals surface area contributed by atoms with Gasteiger partial charge in [0.05, 0.1) is 11.6 Å². The van der Waals surface area contributed by atoms with Gasteiger partial charge in [-0.3, -0.25) is 0 Å². The molecule has 1 aromatic rings. The second-order valence-corrected chi connectivity index (χ2v) is 5.12. The van der Waals surface area contributed by atoms with Crippen LogP contribution < -0.4 is 10.5 Å². The minimum Gasteiger partial charge on any atom is -0.506 e. The molecule has 0 aromatic heterocycles. The third-order valence-electron chi connectivity index (χ3n) is 3.32. The molecule has 3 nitrogen and oxygen atoms in total. The second-order valence-electron chi connectivity index (χ2n) is 4.26. The number of hydrogen-bond acceptors (Lipinski definition) is 3. The van der Waals surface area contributed by atoms with Crippen molar-refractivity contribution in [2.45, 2.75) is 25.3 Å². The molecule has 1 aliphatic carbocycles. The predicted molar refractivity (Wildman–Crippen MR) is 73.9 cm³/mol. The molecule has 0 aliphatic heterocycles. The maximum Gasteiger partial charge on any atom is 0.134 e. The molecule has 0 bridgehead atoms. The van der Waals surface area contributed by atoms with Crippen molar-refractivity contribution in [3.63, 3.8) is 0 Å². The lowest BCUT2D eigenvalue weighted by Crippen LogP contribution is -2.26. The first-order valence-corrected chi connectivity index (χ1v) is 6.24. The summed E-state index contributed by atoms with van der Waals surface area (Å²) >= 11 is 3.31. The number of nitrogens with two attached hydrogens (primary N) is 1. The summed E-state index contributed by atoms with van der Waals surface area (Å²) in [5.41, 5.74) is 6.93. The van der Waals surface area contributed by atoms with E-state index in [4.69, 9.17) is 10.5 Å². The quantitative estimate of drug-likeness (QED) is 0.897. The third kappa shape index (κ3) is 2.87. The molecule has 1 aromatic carbocycles. The van der Waals surface area contributed by atoms with Crippen molar-refractivity contribution >= 4 is 28.3 Å². The summed E-state index contributed by atoms with van der Waals surface area (Å²) < 4.78 is 5.81. The number of halogens is 2. The van der Waals surface area contributed by atoms with Crippen LogP contribution in [0, 0.1) is 5.92 Å². The zero-order valence-electron chi connectivity index (χ0n) is 9.65. The summed E-state index contributed by atoms with van der Waals surface area (Å²) in [7, 11) is 1.61. The number of benzene rings is 1. The number of hydrogen-bond donors (Lipinski definition) is 2. The summed E-state index contributed by atoms with van der Waals surface area (Å²) in [5.74, 6) is 1.44. The topological polar surface area (TPSA) is 55.5 Å². The van der Waals surface area contributed by atoms with Gasteiger partial charge in [0.2, 0.25) is 0 Å². The van der Waals surface area contributed by atoms with Crippen molar-refractivity contribution in [1.82, 2.24) is 0 Å². The van der Waals surface area contributed by atoms with E-state index in [1.807, 2.05) is 6.07 Å². The summed E-state index contributed by atoms with van der Waals surface area (Å²) in [6.07, 6.45) is 3.54. The smallest absolute Gasteiger partial charge is 0.134 e. The third-order valence-corrected chi connectivity index (χ3v) is 3.92. The van der Waals surface area contributed by atoms with Gasteiger partial charge >= 0.3 is 0 Å². The van der Waals surface area contributed by atoms with E-state index in [0.717, 1.165) is 24.2 Å². The van der Waals surface area contributed by atoms with Crippen molar-refractivity contribution in [2.75, 3.05) is 7.11 Å². The standard InChI is InChI=1S/C12H16BrNO2.ClH/c1-16-8-5-9(12(15)10(13)6-8)11(14)7-3-2-4-7;/h5-7,11,15H,2-4,14H2,1H3;1H/t11-;/m0./s1. The molecule has 2 rings (SSSR count). The highest BCUT2D eigenvalue weighted by Gasteiger charge is 2.28. The first-order valence-electron chi connectivity index (χ1n) is 5.45. The van der Waals surface area contributed by atoms with Crippen LogP contribution in [0.5, 0.6) is 11.5 Å². The van der Waals surface area contributed by atoms with E-state index in [1.165, 1.54) is 6.42 Å². The number of phenols is 1. The molecular formula is C12H17BrClNO2. The van der Waals surface area contributed by atoms with E-state index in [-0.39, 0.29) is 24.2 Å². The van der Waals surface area contributed by atoms with Gasteiger partial charge in [0, 0.05) is 11.6 Å². The lowest BCUT2D eigenvalue weighted by Gasteiger charge is -2.32. The van der Waals surface area contributed by atoms with E-state index in [0.29, 0.717) is 10.4 Å². The Kier molecular flexibility index (Phi) is 5.10. The summed E-state index contributed by atoms with van der Waals surface area (Å²) in [6, 6.07) is 3.47. The zero-order valence-corrected chi connectivity index (χ0v) is 12.1. The minimum absolute atomic E-state index is 0. The van der Waals surface area contributed by atoms with Gasteiger partial charge in [0.15, 0.2) is 0 Å². The van der Waals surface area contributed by atoms with Crippen molar-refractivity contribution < 1.29 is 9.84 Å². The van der Waals surface area contributed by atoms with E-state index in [9.17, 15) is 5.11 Å². The van der Waals surface area contributed by atoms with Gasteiger partial charge in [-0.2, -0.15) is 0 Å². The van der Waals surface area contributed by atoms with Crippen LogP contribution in [0.2, 0.25) is 0 Å². The molecule has 0 unspecified atom stereocenters. The van der Waals surface area contributed by atoms with E-state index >= 15 is 0 Å². The van der Waals surface area contributed by atoms with Crippen molar-refractivity contribution in [1.29, 1.82) is 0 Å². The van der Waals surface area contributed by atoms with Crippen molar-refractivity contribution in [3.8, 4) is 11.5 Å². The summed E-state index contributed by atoms with van der Waals surface area (Å²) in [4.78, 5) is 0. The van der Waals surface area contributed by atoms with Crippen LogP contribution >= 0.6 is 28.3 Å². The van der Waals surface area contributed by atoms with Gasteiger partial charge in [-0.25, -0.2) is 0 Å². The fraction of sp³-hybridized carbons (Fsp3) is 0.500. The molecule has 1 saturated carbocycles. The van der Waals surface area contributed by atoms with Gasteiger partial charge in [0.1, 0.15) is 11.5 Å². The molecule has 17 heavy (non-hydrogen) atoms. The van der Waals surface area contributed by atoms with Crippen LogP contribution in [0.15, 0.2) is 16.6 Å². The molecule has 0 amide bonds. The molecule has 1 aliphatic rings. The molecule has 0 saturated heterocycles. The highest BCUT2D eigenvalue weighted by molar-refractivity contribution is 9.10. The molecule has 3 N–H and O–H groups in total. The van der Waals surface area contributed by atoms with Gasteiger partial charge in [0.25, 0.3) is 0 Å². The van der Waals surface area contributed by atoms with Crippen LogP contribution in [0.25, 0.3) is 0 Å². The number of methoxy groups -OCH3 is 1. The maximum atomic E-state index is 9.97. The Morgan fingerprint density at radius 2 is 2.12 bits per heavy atom. The monoisotopic (exact) mass is 321 g/mol. The zero-order chi connectivity index (χ0) is 11.7. The van der Waals surface area contributed by atoms with Crippen LogP contribution in [-0.4, -0.2) is 12.2 Å². The molecule has 0 spiro atoms. The Labute approximate surface area is 116 Å². The lowest BCUT2D eigenvalue weighted by atomic mass is 9.77. The number of rotatable bonds is 3. The number of aromatic hydroxyl groups is 1. The average Bonchev–Trinajstić information content (AvgIpc) is 2.19. The fourth-order valence-electron chi connectivity index (χ4n) is 2.02. The van der Waals surface area contributed by atoms with E-state index < -0.39 is 0 Å². The van der Waals surface area contributed by atoms with Gasteiger partial charge in [-0.05, 0) is 46.8 Å². The molecule has 1 atom stereocenters. The van der Waals surface area contributed by atoms with Gasteiger partial charge in [-0.1, -0.05) is 6.42 Å². The lowest BCUT2D eigenvalue weighted by molar-refractivity contribution is 0.259. The predicted octanol–water partition coefficient (Wildman–Crippen LogP) is 3.39. The molecule has 5 heteroatoms. The maximum absolute atomic E-state index is 9.97. The van der Waals surface area contributed by atoms with Gasteiger partial charge < -0.3 is 15.6 Å². The molecular weight excluding hydrogens is 305 g/mol. The van der Waals surface area contributed by atoms with E-state index in [2.05, 4.69) is 15.9 Å².